The standard InChI is InChI=1S/C31H30N2O8/c1-16-9-10-18-7-5-6-8-19(18)20(16)15-32-30(38)26-23(39-4)13-22(36)27-28(26)41-24-14-21(35)25(29(37)31(24,27)3)17(2)33-40-12-11-34/h5-10,13-14,33-34,36H,11-12,15H2,1-4H3,(H,32,38)/b25-17+/t31-/m1/s1. The number of nitrogens with one attached hydrogen (secondary N) is 2. The Hall–Kier alpha value is -4.67. The number of ether oxygens (including phenoxy) is 2. The molecular formula is C31H30N2O8. The van der Waals surface area contributed by atoms with Crippen LogP contribution in [0.3, 0.4) is 0 Å². The number of benzene rings is 3. The van der Waals surface area contributed by atoms with Crippen LogP contribution in [0.4, 0.5) is 0 Å². The maximum absolute atomic E-state index is 13.8. The van der Waals surface area contributed by atoms with Crippen molar-refractivity contribution in [2.75, 3.05) is 20.3 Å². The Bertz CT molecular complexity index is 1670. The van der Waals surface area contributed by atoms with Crippen LogP contribution in [0.2, 0.25) is 0 Å². The molecular weight excluding hydrogens is 528 g/mol. The van der Waals surface area contributed by atoms with E-state index in [1.165, 1.54) is 33.1 Å². The molecule has 3 aromatic rings. The Morgan fingerprint density at radius 3 is 2.63 bits per heavy atom. The van der Waals surface area contributed by atoms with Gasteiger partial charge in [0, 0.05) is 24.4 Å². The van der Waals surface area contributed by atoms with Crippen molar-refractivity contribution in [3.8, 4) is 17.2 Å². The van der Waals surface area contributed by atoms with Crippen LogP contribution in [0, 0.1) is 6.92 Å². The van der Waals surface area contributed by atoms with E-state index >= 15 is 0 Å². The predicted molar refractivity (Wildman–Crippen MR) is 149 cm³/mol. The Kier molecular flexibility index (Phi) is 7.29. The summed E-state index contributed by atoms with van der Waals surface area (Å²) in [4.78, 5) is 45.6. The number of phenols is 1. The lowest BCUT2D eigenvalue weighted by atomic mass is 9.70. The number of aryl methyl sites for hydroxylation is 1. The molecule has 1 atom stereocenters. The number of carbonyl (C=O) groups excluding carboxylic acids is 3. The molecule has 10 nitrogen and oxygen atoms in total. The van der Waals surface area contributed by atoms with Gasteiger partial charge in [0.25, 0.3) is 5.91 Å². The molecule has 212 valence electrons. The summed E-state index contributed by atoms with van der Waals surface area (Å²) in [7, 11) is 1.35. The number of phenolic OH excluding ortho intramolecular Hbond substituents is 1. The van der Waals surface area contributed by atoms with Crippen molar-refractivity contribution in [1.29, 1.82) is 0 Å². The summed E-state index contributed by atoms with van der Waals surface area (Å²) in [5, 5.41) is 25.0. The number of methoxy groups -OCH3 is 1. The van der Waals surface area contributed by atoms with E-state index in [0.717, 1.165) is 21.9 Å². The van der Waals surface area contributed by atoms with Crippen molar-refractivity contribution in [3.63, 3.8) is 0 Å². The van der Waals surface area contributed by atoms with Crippen LogP contribution in [-0.2, 0) is 26.4 Å². The number of ketones is 2. The van der Waals surface area contributed by atoms with Gasteiger partial charge in [-0.15, -0.1) is 0 Å². The van der Waals surface area contributed by atoms with Gasteiger partial charge in [0.2, 0.25) is 0 Å². The summed E-state index contributed by atoms with van der Waals surface area (Å²) >= 11 is 0. The van der Waals surface area contributed by atoms with Crippen molar-refractivity contribution in [1.82, 2.24) is 10.8 Å². The number of hydrogen-bond acceptors (Lipinski definition) is 9. The first-order valence-corrected chi connectivity index (χ1v) is 13.0. The minimum absolute atomic E-state index is 0.0124. The molecule has 0 saturated carbocycles. The average molecular weight is 559 g/mol. The van der Waals surface area contributed by atoms with Gasteiger partial charge in [-0.3, -0.25) is 24.7 Å². The van der Waals surface area contributed by atoms with Crippen LogP contribution in [0.5, 0.6) is 17.2 Å². The molecule has 1 aliphatic carbocycles. The second-order valence-corrected chi connectivity index (χ2v) is 10.0. The molecule has 1 aliphatic heterocycles. The fourth-order valence-electron chi connectivity index (χ4n) is 5.42. The first kappa shape index (κ1) is 27.9. The normalized spacial score (nSPS) is 18.8. The molecule has 4 N–H and O–H groups in total. The maximum atomic E-state index is 13.8. The molecule has 0 spiro atoms. The molecule has 5 rings (SSSR count). The molecule has 1 amide bonds. The highest BCUT2D eigenvalue weighted by Gasteiger charge is 2.56. The van der Waals surface area contributed by atoms with E-state index in [1.54, 1.807) is 0 Å². The molecule has 0 fully saturated rings. The molecule has 10 heteroatoms. The first-order chi connectivity index (χ1) is 19.6. The van der Waals surface area contributed by atoms with Crippen molar-refractivity contribution < 1.29 is 38.9 Å². The Morgan fingerprint density at radius 1 is 1.15 bits per heavy atom. The quantitative estimate of drug-likeness (QED) is 0.142. The zero-order chi connectivity index (χ0) is 29.5. The van der Waals surface area contributed by atoms with E-state index < -0.39 is 22.9 Å². The van der Waals surface area contributed by atoms with Gasteiger partial charge in [-0.05, 0) is 42.7 Å². The van der Waals surface area contributed by atoms with Gasteiger partial charge >= 0.3 is 0 Å². The Balaban J connectivity index is 1.56. The van der Waals surface area contributed by atoms with Gasteiger partial charge in [-0.1, -0.05) is 36.4 Å². The van der Waals surface area contributed by atoms with E-state index in [4.69, 9.17) is 19.4 Å². The molecule has 0 unspecified atom stereocenters. The van der Waals surface area contributed by atoms with Gasteiger partial charge in [0.15, 0.2) is 17.3 Å². The number of amides is 1. The van der Waals surface area contributed by atoms with Gasteiger partial charge in [-0.25, -0.2) is 0 Å². The van der Waals surface area contributed by atoms with Crippen LogP contribution in [0.1, 0.15) is 40.9 Å². The van der Waals surface area contributed by atoms with E-state index in [1.807, 2.05) is 43.3 Å². The highest BCUT2D eigenvalue weighted by atomic mass is 16.6. The summed E-state index contributed by atoms with van der Waals surface area (Å²) in [6.07, 6.45) is 1.17. The third kappa shape index (κ3) is 4.51. The van der Waals surface area contributed by atoms with Crippen molar-refractivity contribution in [2.45, 2.75) is 32.7 Å². The molecule has 3 aromatic carbocycles. The van der Waals surface area contributed by atoms with Crippen LogP contribution < -0.4 is 20.3 Å². The molecule has 0 bridgehead atoms. The predicted octanol–water partition coefficient (Wildman–Crippen LogP) is 3.27. The van der Waals surface area contributed by atoms with Gasteiger partial charge in [0.1, 0.15) is 28.2 Å². The van der Waals surface area contributed by atoms with Crippen molar-refractivity contribution in [2.24, 2.45) is 0 Å². The highest BCUT2D eigenvalue weighted by Crippen LogP contribution is 2.56. The third-order valence-corrected chi connectivity index (χ3v) is 7.56. The van der Waals surface area contributed by atoms with Crippen molar-refractivity contribution >= 4 is 28.2 Å². The largest absolute Gasteiger partial charge is 0.507 e. The fourth-order valence-corrected chi connectivity index (χ4v) is 5.42. The number of hydroxylamine groups is 1. The lowest BCUT2D eigenvalue weighted by molar-refractivity contribution is -0.123. The third-order valence-electron chi connectivity index (χ3n) is 7.56. The summed E-state index contributed by atoms with van der Waals surface area (Å²) in [6.45, 7) is 4.86. The van der Waals surface area contributed by atoms with Gasteiger partial charge in [0.05, 0.1) is 31.5 Å². The maximum Gasteiger partial charge on any atom is 0.259 e. The smallest absolute Gasteiger partial charge is 0.259 e. The van der Waals surface area contributed by atoms with E-state index in [0.29, 0.717) is 0 Å². The monoisotopic (exact) mass is 558 g/mol. The molecule has 1 heterocycles. The minimum Gasteiger partial charge on any atom is -0.507 e. The van der Waals surface area contributed by atoms with Crippen LogP contribution in [0.15, 0.2) is 65.6 Å². The Labute approximate surface area is 236 Å². The number of aliphatic hydroxyl groups excluding tert-OH is 1. The zero-order valence-corrected chi connectivity index (χ0v) is 23.1. The summed E-state index contributed by atoms with van der Waals surface area (Å²) in [6, 6.07) is 13.1. The number of Topliss-reactive ketones (excluding diaryl/α,β-unsaturated/α-hetero) is 1. The SMILES string of the molecule is COc1cc(O)c2c(c1C(=O)NCc1c(C)ccc3ccccc13)OC1=CC(=O)/C(=C(/C)NOCCO)C(=O)[C@]12C. The van der Waals surface area contributed by atoms with Crippen LogP contribution >= 0.6 is 0 Å². The first-order valence-electron chi connectivity index (χ1n) is 13.0. The van der Waals surface area contributed by atoms with Crippen molar-refractivity contribution in [3.05, 3.63) is 87.8 Å². The van der Waals surface area contributed by atoms with Crippen LogP contribution in [-0.4, -0.2) is 48.0 Å². The number of rotatable bonds is 8. The lowest BCUT2D eigenvalue weighted by Crippen LogP contribution is -2.41. The molecule has 0 radical (unpaired) electrons. The summed E-state index contributed by atoms with van der Waals surface area (Å²) in [5.41, 5.74) is 2.83. The second kappa shape index (κ2) is 10.7. The van der Waals surface area contributed by atoms with E-state index in [-0.39, 0.29) is 65.2 Å². The number of allylic oxidation sites excluding steroid dienone is 4. The number of fused-ring (bicyclic) bond motifs is 4. The average Bonchev–Trinajstić information content (AvgIpc) is 3.25. The van der Waals surface area contributed by atoms with E-state index in [2.05, 4.69) is 10.8 Å². The summed E-state index contributed by atoms with van der Waals surface area (Å²) < 4.78 is 11.5. The van der Waals surface area contributed by atoms with Gasteiger partial charge < -0.3 is 25.0 Å². The minimum atomic E-state index is -1.60. The van der Waals surface area contributed by atoms with E-state index in [9.17, 15) is 19.5 Å². The topological polar surface area (TPSA) is 143 Å². The van der Waals surface area contributed by atoms with Gasteiger partial charge in [-0.2, -0.15) is 0 Å². The lowest BCUT2D eigenvalue weighted by Gasteiger charge is -2.28. The number of hydrogen-bond donors (Lipinski definition) is 4. The number of carbonyl (C=O) groups is 3. The molecule has 0 aromatic heterocycles. The second-order valence-electron chi connectivity index (χ2n) is 10.0. The molecule has 0 saturated heterocycles. The zero-order valence-electron chi connectivity index (χ0n) is 23.1. The fraction of sp³-hybridized carbons (Fsp3) is 0.258. The molecule has 2 aliphatic rings. The Morgan fingerprint density at radius 2 is 1.90 bits per heavy atom. The molecule has 41 heavy (non-hydrogen) atoms. The van der Waals surface area contributed by atoms with Crippen LogP contribution in [0.25, 0.3) is 10.8 Å². The summed E-state index contributed by atoms with van der Waals surface area (Å²) in [5.74, 6) is -2.18. The number of aromatic hydroxyl groups is 1. The highest BCUT2D eigenvalue weighted by molar-refractivity contribution is 6.31. The number of aliphatic hydroxyl groups is 1.